The molecular weight excluding hydrogens is 586 g/mol. The van der Waals surface area contributed by atoms with Gasteiger partial charge in [-0.1, -0.05) is 27.7 Å². The first-order valence-corrected chi connectivity index (χ1v) is 9.00. The van der Waals surface area contributed by atoms with Crippen molar-refractivity contribution in [1.29, 1.82) is 0 Å². The van der Waals surface area contributed by atoms with Gasteiger partial charge < -0.3 is 0 Å². The molecule has 0 amide bonds. The summed E-state index contributed by atoms with van der Waals surface area (Å²) in [5.74, 6) is -38.4. The molecule has 0 aromatic carbocycles. The van der Waals surface area contributed by atoms with E-state index in [9.17, 15) is 80.6 Å². The van der Waals surface area contributed by atoms with Crippen molar-refractivity contribution >= 4 is 23.9 Å². The van der Waals surface area contributed by atoms with Crippen LogP contribution in [-0.4, -0.2) is 59.9 Å². The molecule has 0 radical (unpaired) electrons. The molecular formula is C16H14F14O8. The van der Waals surface area contributed by atoms with Gasteiger partial charge in [-0.3, -0.25) is 0 Å². The van der Waals surface area contributed by atoms with E-state index in [-0.39, 0.29) is 11.8 Å². The standard InChI is InChI=1S/C8F14O4.C8H14O4/c9-3(10,5(13,14)7(17,18)19)1(23)25-26-2(24)4(11,12)6(15,16)8(20,21)22;1-5(2)7(9)11-12-8(10)6(3)4/h;5-6H,1-4H3. The molecule has 0 unspecified atom stereocenters. The van der Waals surface area contributed by atoms with Crippen LogP contribution in [0.4, 0.5) is 61.5 Å². The minimum absolute atomic E-state index is 0.287. The first-order valence-electron chi connectivity index (χ1n) is 9.00. The van der Waals surface area contributed by atoms with Gasteiger partial charge in [0.15, 0.2) is 0 Å². The van der Waals surface area contributed by atoms with Crippen molar-refractivity contribution in [3.63, 3.8) is 0 Å². The lowest BCUT2D eigenvalue weighted by atomic mass is 10.1. The van der Waals surface area contributed by atoms with Gasteiger partial charge in [-0.05, 0) is 0 Å². The molecule has 0 aromatic heterocycles. The van der Waals surface area contributed by atoms with Gasteiger partial charge in [0.25, 0.3) is 0 Å². The SMILES string of the molecule is CC(C)C(=O)OOC(=O)C(C)C.O=C(OOC(=O)C(F)(F)C(F)(F)C(F)(F)F)C(F)(F)C(F)(F)C(F)(F)F. The van der Waals surface area contributed by atoms with Crippen LogP contribution in [-0.2, 0) is 38.7 Å². The molecule has 0 bridgehead atoms. The van der Waals surface area contributed by atoms with Crippen LogP contribution in [0.3, 0.4) is 0 Å². The Morgan fingerprint density at radius 1 is 0.447 bits per heavy atom. The Morgan fingerprint density at radius 2 is 0.658 bits per heavy atom. The van der Waals surface area contributed by atoms with Crippen LogP contribution in [0, 0.1) is 11.8 Å². The van der Waals surface area contributed by atoms with E-state index in [0.717, 1.165) is 0 Å². The number of hydrogen-bond acceptors (Lipinski definition) is 8. The van der Waals surface area contributed by atoms with Crippen LogP contribution in [0.2, 0.25) is 0 Å². The molecule has 0 N–H and O–H groups in total. The van der Waals surface area contributed by atoms with E-state index >= 15 is 0 Å². The highest BCUT2D eigenvalue weighted by Gasteiger charge is 2.79. The lowest BCUT2D eigenvalue weighted by molar-refractivity contribution is -0.371. The predicted molar refractivity (Wildman–Crippen MR) is 85.9 cm³/mol. The summed E-state index contributed by atoms with van der Waals surface area (Å²) in [4.78, 5) is 55.0. The topological polar surface area (TPSA) is 105 Å². The molecule has 0 aliphatic carbocycles. The second-order valence-electron chi connectivity index (χ2n) is 7.15. The van der Waals surface area contributed by atoms with E-state index in [1.165, 1.54) is 0 Å². The van der Waals surface area contributed by atoms with E-state index in [1.54, 1.807) is 27.7 Å². The molecule has 8 nitrogen and oxygen atoms in total. The van der Waals surface area contributed by atoms with Gasteiger partial charge in [-0.15, -0.1) is 0 Å². The average Bonchev–Trinajstić information content (AvgIpc) is 2.73. The Labute approximate surface area is 200 Å². The second kappa shape index (κ2) is 12.2. The first-order chi connectivity index (χ1) is 16.5. The van der Waals surface area contributed by atoms with Crippen molar-refractivity contribution in [2.45, 2.75) is 63.7 Å². The molecule has 38 heavy (non-hydrogen) atoms. The Kier molecular flexibility index (Phi) is 11.9. The number of alkyl halides is 14. The summed E-state index contributed by atoms with van der Waals surface area (Å²) in [6.45, 7) is 6.63. The van der Waals surface area contributed by atoms with E-state index in [2.05, 4.69) is 19.6 Å². The predicted octanol–water partition coefficient (Wildman–Crippen LogP) is 4.95. The fourth-order valence-electron chi connectivity index (χ4n) is 1.07. The second-order valence-corrected chi connectivity index (χ2v) is 7.15. The van der Waals surface area contributed by atoms with Crippen LogP contribution in [0.25, 0.3) is 0 Å². The Hall–Kier alpha value is -3.10. The summed E-state index contributed by atoms with van der Waals surface area (Å²) >= 11 is 0. The normalized spacial score (nSPS) is 13.4. The van der Waals surface area contributed by atoms with Crippen molar-refractivity contribution in [1.82, 2.24) is 0 Å². The number of carbonyl (C=O) groups is 4. The van der Waals surface area contributed by atoms with E-state index in [0.29, 0.717) is 0 Å². The first kappa shape index (κ1) is 37.1. The van der Waals surface area contributed by atoms with Crippen LogP contribution in [0.15, 0.2) is 0 Å². The van der Waals surface area contributed by atoms with Crippen LogP contribution >= 0.6 is 0 Å². The minimum Gasteiger partial charge on any atom is -0.247 e. The van der Waals surface area contributed by atoms with Gasteiger partial charge >= 0.3 is 59.9 Å². The maximum Gasteiger partial charge on any atom is 0.460 e. The molecule has 0 aromatic rings. The lowest BCUT2D eigenvalue weighted by Gasteiger charge is -2.27. The number of carbonyl (C=O) groups excluding carboxylic acids is 4. The molecule has 0 saturated heterocycles. The van der Waals surface area contributed by atoms with Gasteiger partial charge in [0.05, 0.1) is 11.8 Å². The summed E-state index contributed by atoms with van der Waals surface area (Å²) in [5.41, 5.74) is 0. The molecule has 0 spiro atoms. The van der Waals surface area contributed by atoms with Gasteiger partial charge in [0.2, 0.25) is 0 Å². The molecule has 0 aliphatic rings. The van der Waals surface area contributed by atoms with Crippen molar-refractivity contribution in [3.05, 3.63) is 0 Å². The average molecular weight is 600 g/mol. The molecule has 224 valence electrons. The van der Waals surface area contributed by atoms with Gasteiger partial charge in [-0.25, -0.2) is 38.7 Å². The maximum absolute atomic E-state index is 12.6. The third-order valence-electron chi connectivity index (χ3n) is 3.36. The van der Waals surface area contributed by atoms with Crippen molar-refractivity contribution in [2.75, 3.05) is 0 Å². The highest BCUT2D eigenvalue weighted by atomic mass is 19.4. The third-order valence-corrected chi connectivity index (χ3v) is 3.36. The van der Waals surface area contributed by atoms with Gasteiger partial charge in [-0.2, -0.15) is 61.5 Å². The van der Waals surface area contributed by atoms with Gasteiger partial charge in [0.1, 0.15) is 0 Å². The smallest absolute Gasteiger partial charge is 0.247 e. The maximum atomic E-state index is 12.6. The summed E-state index contributed by atoms with van der Waals surface area (Å²) in [6, 6.07) is 0. The van der Waals surface area contributed by atoms with Crippen LogP contribution < -0.4 is 0 Å². The quantitative estimate of drug-likeness (QED) is 0.240. The Morgan fingerprint density at radius 3 is 0.816 bits per heavy atom. The molecule has 22 heteroatoms. The zero-order valence-electron chi connectivity index (χ0n) is 18.7. The van der Waals surface area contributed by atoms with E-state index in [4.69, 9.17) is 0 Å². The largest absolute Gasteiger partial charge is 0.460 e. The summed E-state index contributed by atoms with van der Waals surface area (Å²) in [5, 5.41) is 0. The fraction of sp³-hybridized carbons (Fsp3) is 0.750. The van der Waals surface area contributed by atoms with E-state index in [1.807, 2.05) is 0 Å². The molecule has 0 aliphatic heterocycles. The Balaban J connectivity index is 0. The highest BCUT2D eigenvalue weighted by molar-refractivity contribution is 5.82. The van der Waals surface area contributed by atoms with Crippen molar-refractivity contribution < 1.29 is 100 Å². The number of hydrogen-bond donors (Lipinski definition) is 0. The molecule has 0 fully saturated rings. The molecule has 0 saturated carbocycles. The monoisotopic (exact) mass is 600 g/mol. The zero-order chi connectivity index (χ0) is 31.3. The van der Waals surface area contributed by atoms with Crippen LogP contribution in [0.1, 0.15) is 27.7 Å². The number of halogens is 14. The highest BCUT2D eigenvalue weighted by Crippen LogP contribution is 2.48. The Bertz CT molecular complexity index is 791. The van der Waals surface area contributed by atoms with Gasteiger partial charge in [0, 0.05) is 0 Å². The van der Waals surface area contributed by atoms with Crippen molar-refractivity contribution in [3.8, 4) is 0 Å². The third kappa shape index (κ3) is 8.46. The number of rotatable bonds is 6. The molecule has 0 rings (SSSR count). The summed E-state index contributed by atoms with van der Waals surface area (Å²) < 4.78 is 170. The minimum atomic E-state index is -7.22. The van der Waals surface area contributed by atoms with Crippen molar-refractivity contribution in [2.24, 2.45) is 11.8 Å². The fourth-order valence-corrected chi connectivity index (χ4v) is 1.07. The van der Waals surface area contributed by atoms with Crippen LogP contribution in [0.5, 0.6) is 0 Å². The molecule has 0 heterocycles. The summed E-state index contributed by atoms with van der Waals surface area (Å²) in [7, 11) is 0. The van der Waals surface area contributed by atoms with E-state index < -0.39 is 59.9 Å². The molecule has 0 atom stereocenters. The summed E-state index contributed by atoms with van der Waals surface area (Å²) in [6.07, 6.45) is -14.3. The lowest BCUT2D eigenvalue weighted by Crippen LogP contribution is -2.58. The zero-order valence-corrected chi connectivity index (χ0v) is 18.7.